The van der Waals surface area contributed by atoms with E-state index < -0.39 is 23.6 Å². The van der Waals surface area contributed by atoms with Gasteiger partial charge in [0, 0.05) is 17.7 Å². The Morgan fingerprint density at radius 1 is 1.27 bits per heavy atom. The van der Waals surface area contributed by atoms with Gasteiger partial charge in [-0.15, -0.1) is 0 Å². The van der Waals surface area contributed by atoms with E-state index in [2.05, 4.69) is 10.6 Å². The van der Waals surface area contributed by atoms with Crippen molar-refractivity contribution in [2.45, 2.75) is 39.3 Å². The summed E-state index contributed by atoms with van der Waals surface area (Å²) in [7, 11) is 0. The number of halogens is 2. The molecule has 0 spiro atoms. The van der Waals surface area contributed by atoms with Crippen molar-refractivity contribution in [3.05, 3.63) is 35.4 Å². The lowest BCUT2D eigenvalue weighted by atomic mass is 10.1. The first-order valence-corrected chi connectivity index (χ1v) is 7.22. The molecule has 0 aliphatic carbocycles. The van der Waals surface area contributed by atoms with E-state index in [0.717, 1.165) is 12.5 Å². The van der Waals surface area contributed by atoms with E-state index in [0.29, 0.717) is 5.56 Å². The zero-order valence-electron chi connectivity index (χ0n) is 13.0. The molecule has 4 N–H and O–H groups in total. The van der Waals surface area contributed by atoms with Crippen LogP contribution < -0.4 is 16.0 Å². The molecule has 122 valence electrons. The van der Waals surface area contributed by atoms with E-state index in [1.54, 1.807) is 12.2 Å². The minimum Gasteiger partial charge on any atom is -0.335 e. The molecule has 1 rings (SSSR count). The van der Waals surface area contributed by atoms with Crippen LogP contribution >= 0.6 is 0 Å². The van der Waals surface area contributed by atoms with Crippen LogP contribution in [0.3, 0.4) is 0 Å². The third kappa shape index (κ3) is 5.77. The number of carbonyl (C=O) groups excluding carboxylic acids is 2. The van der Waals surface area contributed by atoms with Gasteiger partial charge in [0.1, 0.15) is 17.7 Å². The molecule has 1 aromatic rings. The van der Waals surface area contributed by atoms with Crippen LogP contribution in [0.2, 0.25) is 0 Å². The van der Waals surface area contributed by atoms with Crippen molar-refractivity contribution in [3.63, 3.8) is 0 Å². The quantitative estimate of drug-likeness (QED) is 0.738. The van der Waals surface area contributed by atoms with Crippen LogP contribution in [0, 0.1) is 11.6 Å². The zero-order chi connectivity index (χ0) is 16.7. The van der Waals surface area contributed by atoms with E-state index in [4.69, 9.17) is 0 Å². The Morgan fingerprint density at radius 3 is 2.55 bits per heavy atom. The van der Waals surface area contributed by atoms with E-state index in [1.165, 1.54) is 12.1 Å². The molecule has 0 heterocycles. The van der Waals surface area contributed by atoms with Gasteiger partial charge in [-0.25, -0.2) is 13.6 Å². The Hall–Kier alpha value is -2.02. The molecule has 0 aliphatic rings. The lowest BCUT2D eigenvalue weighted by molar-refractivity contribution is -0.682. The Balaban J connectivity index is 2.45. The molecule has 0 fully saturated rings. The summed E-state index contributed by atoms with van der Waals surface area (Å²) in [6.45, 7) is 5.41. The number of nitrogens with one attached hydrogen (secondary N) is 2. The van der Waals surface area contributed by atoms with Gasteiger partial charge in [-0.05, 0) is 32.4 Å². The van der Waals surface area contributed by atoms with Crippen molar-refractivity contribution < 1.29 is 23.7 Å². The highest BCUT2D eigenvalue weighted by Gasteiger charge is 2.17. The average molecular weight is 314 g/mol. The van der Waals surface area contributed by atoms with Gasteiger partial charge in [0.15, 0.2) is 6.54 Å². The third-order valence-electron chi connectivity index (χ3n) is 3.35. The van der Waals surface area contributed by atoms with Gasteiger partial charge in [-0.2, -0.15) is 0 Å². The molecule has 7 heteroatoms. The van der Waals surface area contributed by atoms with Gasteiger partial charge in [0.05, 0.1) is 0 Å². The topological polar surface area (TPSA) is 74.8 Å². The Kier molecular flexibility index (Phi) is 6.91. The SMILES string of the molecule is CC[C@H](C)NC(=O)NC(=O)C[NH2+][C@@H](C)c1ccc(F)cc1F. The number of quaternary nitrogens is 1. The maximum atomic E-state index is 13.6. The number of carbonyl (C=O) groups is 2. The molecule has 0 saturated carbocycles. The summed E-state index contributed by atoms with van der Waals surface area (Å²) >= 11 is 0. The maximum Gasteiger partial charge on any atom is 0.321 e. The van der Waals surface area contributed by atoms with Crippen LogP contribution in [0.5, 0.6) is 0 Å². The van der Waals surface area contributed by atoms with E-state index in [1.807, 2.05) is 13.8 Å². The van der Waals surface area contributed by atoms with Crippen molar-refractivity contribution in [1.29, 1.82) is 0 Å². The van der Waals surface area contributed by atoms with Crippen molar-refractivity contribution in [2.24, 2.45) is 0 Å². The molecular formula is C15H22F2N3O2+. The van der Waals surface area contributed by atoms with Crippen LogP contribution in [-0.2, 0) is 4.79 Å². The van der Waals surface area contributed by atoms with Gasteiger partial charge in [0.2, 0.25) is 0 Å². The zero-order valence-corrected chi connectivity index (χ0v) is 13.0. The molecule has 0 saturated heterocycles. The molecule has 0 radical (unpaired) electrons. The highest BCUT2D eigenvalue weighted by atomic mass is 19.1. The summed E-state index contributed by atoms with van der Waals surface area (Å²) < 4.78 is 26.4. The number of amides is 3. The molecule has 0 unspecified atom stereocenters. The predicted molar refractivity (Wildman–Crippen MR) is 78.0 cm³/mol. The van der Waals surface area contributed by atoms with E-state index in [-0.39, 0.29) is 18.6 Å². The molecule has 0 aromatic heterocycles. The van der Waals surface area contributed by atoms with Crippen molar-refractivity contribution in [1.82, 2.24) is 10.6 Å². The second kappa shape index (κ2) is 8.43. The van der Waals surface area contributed by atoms with Crippen LogP contribution in [0.4, 0.5) is 13.6 Å². The number of hydrogen-bond donors (Lipinski definition) is 3. The van der Waals surface area contributed by atoms with Crippen LogP contribution in [0.15, 0.2) is 18.2 Å². The summed E-state index contributed by atoms with van der Waals surface area (Å²) in [5.74, 6) is -1.78. The first-order valence-electron chi connectivity index (χ1n) is 7.22. The highest BCUT2D eigenvalue weighted by molar-refractivity contribution is 5.94. The Labute approximate surface area is 128 Å². The van der Waals surface area contributed by atoms with E-state index in [9.17, 15) is 18.4 Å². The fraction of sp³-hybridized carbons (Fsp3) is 0.467. The van der Waals surface area contributed by atoms with Gasteiger partial charge >= 0.3 is 6.03 Å². The lowest BCUT2D eigenvalue weighted by Gasteiger charge is -2.13. The van der Waals surface area contributed by atoms with Crippen molar-refractivity contribution in [3.8, 4) is 0 Å². The Bertz CT molecular complexity index is 538. The number of urea groups is 1. The third-order valence-corrected chi connectivity index (χ3v) is 3.35. The average Bonchev–Trinajstić information content (AvgIpc) is 2.44. The molecule has 0 bridgehead atoms. The molecule has 22 heavy (non-hydrogen) atoms. The second-order valence-corrected chi connectivity index (χ2v) is 5.23. The summed E-state index contributed by atoms with van der Waals surface area (Å²) in [6.07, 6.45) is 0.759. The molecule has 1 aromatic carbocycles. The first kappa shape index (κ1) is 18.0. The van der Waals surface area contributed by atoms with Gasteiger partial charge in [-0.1, -0.05) is 6.92 Å². The fourth-order valence-electron chi connectivity index (χ4n) is 1.82. The normalized spacial score (nSPS) is 13.3. The largest absolute Gasteiger partial charge is 0.335 e. The molecule has 2 atom stereocenters. The summed E-state index contributed by atoms with van der Waals surface area (Å²) in [4.78, 5) is 23.1. The van der Waals surface area contributed by atoms with Crippen molar-refractivity contribution >= 4 is 11.9 Å². The highest BCUT2D eigenvalue weighted by Crippen LogP contribution is 2.14. The smallest absolute Gasteiger partial charge is 0.321 e. The number of hydrogen-bond acceptors (Lipinski definition) is 2. The number of rotatable bonds is 6. The number of benzene rings is 1. The Morgan fingerprint density at radius 2 is 1.95 bits per heavy atom. The van der Waals surface area contributed by atoms with Crippen molar-refractivity contribution in [2.75, 3.05) is 6.54 Å². The predicted octanol–water partition coefficient (Wildman–Crippen LogP) is 1.21. The molecule has 3 amide bonds. The van der Waals surface area contributed by atoms with Crippen LogP contribution in [0.25, 0.3) is 0 Å². The summed E-state index contributed by atoms with van der Waals surface area (Å²) in [5, 5.41) is 6.38. The molecule has 5 nitrogen and oxygen atoms in total. The lowest BCUT2D eigenvalue weighted by Crippen LogP contribution is -2.87. The fourth-order valence-corrected chi connectivity index (χ4v) is 1.82. The minimum atomic E-state index is -0.654. The van der Waals surface area contributed by atoms with Gasteiger partial charge < -0.3 is 10.6 Å². The van der Waals surface area contributed by atoms with Crippen LogP contribution in [0.1, 0.15) is 38.8 Å². The molecular weight excluding hydrogens is 292 g/mol. The standard InChI is InChI=1S/C15H21F2N3O2/c1-4-9(2)19-15(22)20-14(21)8-18-10(3)12-6-5-11(16)7-13(12)17/h5-7,9-10,18H,4,8H2,1-3H3,(H2,19,20,21,22)/p+1/t9-,10-/m0/s1. The molecule has 0 aliphatic heterocycles. The monoisotopic (exact) mass is 314 g/mol. The van der Waals surface area contributed by atoms with E-state index >= 15 is 0 Å². The maximum absolute atomic E-state index is 13.6. The summed E-state index contributed by atoms with van der Waals surface area (Å²) in [6, 6.07) is 2.38. The first-order chi connectivity index (χ1) is 10.3. The number of imide groups is 1. The number of nitrogens with two attached hydrogens (primary N) is 1. The van der Waals surface area contributed by atoms with Crippen LogP contribution in [-0.4, -0.2) is 24.5 Å². The minimum absolute atomic E-state index is 0.0241. The summed E-state index contributed by atoms with van der Waals surface area (Å²) in [5.41, 5.74) is 0.304. The van der Waals surface area contributed by atoms with Gasteiger partial charge in [0.25, 0.3) is 5.91 Å². The van der Waals surface area contributed by atoms with Gasteiger partial charge in [-0.3, -0.25) is 10.1 Å². The second-order valence-electron chi connectivity index (χ2n) is 5.23.